The van der Waals surface area contributed by atoms with E-state index in [0.29, 0.717) is 21.3 Å². The molecule has 2 heterocycles. The van der Waals surface area contributed by atoms with E-state index in [9.17, 15) is 4.79 Å². The predicted molar refractivity (Wildman–Crippen MR) is 71.5 cm³/mol. The van der Waals surface area contributed by atoms with Gasteiger partial charge in [0.1, 0.15) is 17.2 Å². The molecule has 2 aliphatic rings. The van der Waals surface area contributed by atoms with E-state index in [-0.39, 0.29) is 5.78 Å². The molecule has 6 heteroatoms. The Bertz CT molecular complexity index is 577. The van der Waals surface area contributed by atoms with Gasteiger partial charge < -0.3 is 9.57 Å². The number of rotatable bonds is 1. The molecule has 3 rings (SSSR count). The lowest BCUT2D eigenvalue weighted by molar-refractivity contribution is -0.159. The zero-order chi connectivity index (χ0) is 13.8. The van der Waals surface area contributed by atoms with Gasteiger partial charge in [0.25, 0.3) is 0 Å². The quantitative estimate of drug-likeness (QED) is 0.801. The highest BCUT2D eigenvalue weighted by Gasteiger charge is 2.56. The van der Waals surface area contributed by atoms with Gasteiger partial charge >= 0.3 is 0 Å². The number of oxime groups is 1. The number of ketones is 1. The lowest BCUT2D eigenvalue weighted by atomic mass is 9.88. The molecule has 0 aliphatic carbocycles. The lowest BCUT2D eigenvalue weighted by Crippen LogP contribution is -2.33. The van der Waals surface area contributed by atoms with Gasteiger partial charge in [0.15, 0.2) is 5.78 Å². The first-order chi connectivity index (χ1) is 8.92. The van der Waals surface area contributed by atoms with Crippen LogP contribution in [0.4, 0.5) is 0 Å². The van der Waals surface area contributed by atoms with Crippen molar-refractivity contribution < 1.29 is 14.4 Å². The van der Waals surface area contributed by atoms with Crippen LogP contribution < -0.4 is 0 Å². The third kappa shape index (κ3) is 1.86. The number of hydrogen-bond acceptors (Lipinski definition) is 4. The van der Waals surface area contributed by atoms with Crippen LogP contribution in [-0.2, 0) is 14.4 Å². The van der Waals surface area contributed by atoms with Gasteiger partial charge in [0.2, 0.25) is 6.29 Å². The van der Waals surface area contributed by atoms with E-state index in [1.165, 1.54) is 0 Å². The van der Waals surface area contributed by atoms with Crippen LogP contribution in [0.15, 0.2) is 23.4 Å². The SMILES string of the molecule is CC1(C)O[C@H]2ON=C(c3c(Cl)cccc3Cl)[C@H]2C1=O. The van der Waals surface area contributed by atoms with Crippen LogP contribution in [0.2, 0.25) is 10.0 Å². The summed E-state index contributed by atoms with van der Waals surface area (Å²) in [6.07, 6.45) is -0.690. The minimum absolute atomic E-state index is 0.0789. The van der Waals surface area contributed by atoms with Gasteiger partial charge in [-0.15, -0.1) is 0 Å². The average molecular weight is 300 g/mol. The first-order valence-corrected chi connectivity index (χ1v) is 6.57. The molecular formula is C13H11Cl2NO3. The Labute approximate surface area is 120 Å². The van der Waals surface area contributed by atoms with Crippen molar-refractivity contribution in [3.63, 3.8) is 0 Å². The topological polar surface area (TPSA) is 47.9 Å². The molecule has 0 radical (unpaired) electrons. The Balaban J connectivity index is 2.07. The van der Waals surface area contributed by atoms with Crippen molar-refractivity contribution in [2.45, 2.75) is 25.7 Å². The van der Waals surface area contributed by atoms with E-state index < -0.39 is 17.8 Å². The van der Waals surface area contributed by atoms with Crippen LogP contribution in [0, 0.1) is 5.92 Å². The van der Waals surface area contributed by atoms with Crippen molar-refractivity contribution in [1.29, 1.82) is 0 Å². The molecule has 0 bridgehead atoms. The second kappa shape index (κ2) is 4.20. The van der Waals surface area contributed by atoms with E-state index in [4.69, 9.17) is 32.8 Å². The lowest BCUT2D eigenvalue weighted by Gasteiger charge is -2.16. The van der Waals surface area contributed by atoms with Gasteiger partial charge in [-0.05, 0) is 26.0 Å². The number of halogens is 2. The first-order valence-electron chi connectivity index (χ1n) is 5.82. The van der Waals surface area contributed by atoms with Crippen molar-refractivity contribution >= 4 is 34.7 Å². The fourth-order valence-corrected chi connectivity index (χ4v) is 2.95. The van der Waals surface area contributed by atoms with Gasteiger partial charge in [-0.25, -0.2) is 0 Å². The fourth-order valence-electron chi connectivity index (χ4n) is 2.36. The third-order valence-corrected chi connectivity index (χ3v) is 3.96. The molecule has 0 N–H and O–H groups in total. The van der Waals surface area contributed by atoms with E-state index in [1.807, 2.05) is 0 Å². The van der Waals surface area contributed by atoms with Crippen LogP contribution in [0.25, 0.3) is 0 Å². The van der Waals surface area contributed by atoms with Crippen molar-refractivity contribution in [3.8, 4) is 0 Å². The summed E-state index contributed by atoms with van der Waals surface area (Å²) >= 11 is 12.3. The second-order valence-electron chi connectivity index (χ2n) is 5.02. The number of Topliss-reactive ketones (excluding diaryl/α,β-unsaturated/α-hetero) is 1. The van der Waals surface area contributed by atoms with Gasteiger partial charge in [-0.3, -0.25) is 4.79 Å². The minimum Gasteiger partial charge on any atom is -0.362 e. The summed E-state index contributed by atoms with van der Waals surface area (Å²) in [6, 6.07) is 5.13. The van der Waals surface area contributed by atoms with E-state index in [0.717, 1.165) is 0 Å². The first kappa shape index (κ1) is 12.9. The molecule has 0 spiro atoms. The van der Waals surface area contributed by atoms with Gasteiger partial charge in [-0.2, -0.15) is 0 Å². The molecule has 2 aliphatic heterocycles. The fraction of sp³-hybridized carbons (Fsp3) is 0.385. The summed E-state index contributed by atoms with van der Waals surface area (Å²) in [7, 11) is 0. The van der Waals surface area contributed by atoms with E-state index >= 15 is 0 Å². The molecule has 1 fully saturated rings. The summed E-state index contributed by atoms with van der Waals surface area (Å²) in [4.78, 5) is 17.5. The molecule has 0 unspecified atom stereocenters. The van der Waals surface area contributed by atoms with Crippen molar-refractivity contribution in [3.05, 3.63) is 33.8 Å². The zero-order valence-corrected chi connectivity index (χ0v) is 11.8. The molecule has 2 atom stereocenters. The van der Waals surface area contributed by atoms with Gasteiger partial charge in [-0.1, -0.05) is 34.4 Å². The molecule has 1 aromatic rings. The largest absolute Gasteiger partial charge is 0.362 e. The number of ether oxygens (including phenoxy) is 1. The van der Waals surface area contributed by atoms with Crippen molar-refractivity contribution in [2.24, 2.45) is 11.1 Å². The summed E-state index contributed by atoms with van der Waals surface area (Å²) in [5.74, 6) is -0.655. The molecule has 1 aromatic carbocycles. The highest BCUT2D eigenvalue weighted by Crippen LogP contribution is 2.40. The monoisotopic (exact) mass is 299 g/mol. The highest BCUT2D eigenvalue weighted by atomic mass is 35.5. The molecular weight excluding hydrogens is 289 g/mol. The number of nitrogens with zero attached hydrogens (tertiary/aromatic N) is 1. The Kier molecular flexibility index (Phi) is 2.85. The maximum atomic E-state index is 12.3. The van der Waals surface area contributed by atoms with Gasteiger partial charge in [0, 0.05) is 5.56 Å². The Hall–Kier alpha value is -1.10. The van der Waals surface area contributed by atoms with E-state index in [2.05, 4.69) is 5.16 Å². The summed E-state index contributed by atoms with van der Waals surface area (Å²) < 4.78 is 5.54. The molecule has 19 heavy (non-hydrogen) atoms. The zero-order valence-electron chi connectivity index (χ0n) is 10.3. The van der Waals surface area contributed by atoms with Gasteiger partial charge in [0.05, 0.1) is 10.0 Å². The molecule has 1 saturated heterocycles. The Morgan fingerprint density at radius 3 is 2.53 bits per heavy atom. The number of hydrogen-bond donors (Lipinski definition) is 0. The summed E-state index contributed by atoms with van der Waals surface area (Å²) in [6.45, 7) is 3.42. The number of benzene rings is 1. The maximum Gasteiger partial charge on any atom is 0.243 e. The normalized spacial score (nSPS) is 28.0. The molecule has 0 amide bonds. The molecule has 100 valence electrons. The number of carbonyl (C=O) groups excluding carboxylic acids is 1. The number of fused-ring (bicyclic) bond motifs is 1. The molecule has 4 nitrogen and oxygen atoms in total. The standard InChI is InChI=1S/C13H11Cl2NO3/c1-13(2)11(17)9-10(16-19-12(9)18-13)8-6(14)4-3-5-7(8)15/h3-5,9,12H,1-2H3/t9-,12-/m0/s1. The van der Waals surface area contributed by atoms with Crippen LogP contribution >= 0.6 is 23.2 Å². The van der Waals surface area contributed by atoms with Crippen molar-refractivity contribution in [2.75, 3.05) is 0 Å². The Morgan fingerprint density at radius 1 is 1.26 bits per heavy atom. The smallest absolute Gasteiger partial charge is 0.243 e. The summed E-state index contributed by atoms with van der Waals surface area (Å²) in [5, 5.41) is 4.81. The second-order valence-corrected chi connectivity index (χ2v) is 5.83. The average Bonchev–Trinajstić information content (AvgIpc) is 2.79. The number of carbonyl (C=O) groups is 1. The predicted octanol–water partition coefficient (Wildman–Crippen LogP) is 3.05. The van der Waals surface area contributed by atoms with Crippen LogP contribution in [0.1, 0.15) is 19.4 Å². The molecule has 0 saturated carbocycles. The van der Waals surface area contributed by atoms with Crippen LogP contribution in [-0.4, -0.2) is 23.4 Å². The third-order valence-electron chi connectivity index (χ3n) is 3.33. The molecule has 0 aromatic heterocycles. The van der Waals surface area contributed by atoms with Crippen molar-refractivity contribution in [1.82, 2.24) is 0 Å². The Morgan fingerprint density at radius 2 is 1.89 bits per heavy atom. The van der Waals surface area contributed by atoms with Crippen LogP contribution in [0.5, 0.6) is 0 Å². The van der Waals surface area contributed by atoms with E-state index in [1.54, 1.807) is 32.0 Å². The van der Waals surface area contributed by atoms with Crippen LogP contribution in [0.3, 0.4) is 0 Å². The summed E-state index contributed by atoms with van der Waals surface area (Å²) in [5.41, 5.74) is 0.0914. The highest BCUT2D eigenvalue weighted by molar-refractivity contribution is 6.41. The minimum atomic E-state index is -0.885. The maximum absolute atomic E-state index is 12.3.